The molecule has 2 N–H and O–H groups in total. The SMILES string of the molecule is Cc1ncnc(C2C[C@H]2C)c1B(O)O. The van der Waals surface area contributed by atoms with Gasteiger partial charge in [-0.15, -0.1) is 0 Å². The van der Waals surface area contributed by atoms with Crippen LogP contribution in [0.2, 0.25) is 0 Å². The monoisotopic (exact) mass is 192 g/mol. The van der Waals surface area contributed by atoms with Crippen molar-refractivity contribution in [2.24, 2.45) is 5.92 Å². The van der Waals surface area contributed by atoms with E-state index < -0.39 is 7.12 Å². The van der Waals surface area contributed by atoms with E-state index >= 15 is 0 Å². The third-order valence-corrected chi connectivity index (χ3v) is 2.83. The minimum absolute atomic E-state index is 0.383. The molecule has 0 amide bonds. The predicted octanol–water partition coefficient (Wildman–Crippen LogP) is -0.412. The van der Waals surface area contributed by atoms with Gasteiger partial charge in [-0.05, 0) is 19.3 Å². The summed E-state index contributed by atoms with van der Waals surface area (Å²) in [6.45, 7) is 3.91. The molecule has 0 saturated heterocycles. The van der Waals surface area contributed by atoms with Gasteiger partial charge in [0.2, 0.25) is 0 Å². The van der Waals surface area contributed by atoms with E-state index in [1.807, 2.05) is 0 Å². The second kappa shape index (κ2) is 3.33. The van der Waals surface area contributed by atoms with Crippen molar-refractivity contribution in [2.75, 3.05) is 0 Å². The maximum atomic E-state index is 9.22. The Morgan fingerprint density at radius 2 is 2.07 bits per heavy atom. The molecule has 1 aromatic rings. The van der Waals surface area contributed by atoms with Crippen LogP contribution in [0.5, 0.6) is 0 Å². The number of hydrogen-bond donors (Lipinski definition) is 2. The summed E-state index contributed by atoms with van der Waals surface area (Å²) in [4.78, 5) is 8.11. The van der Waals surface area contributed by atoms with Crippen LogP contribution in [-0.2, 0) is 0 Å². The third kappa shape index (κ3) is 1.53. The zero-order chi connectivity index (χ0) is 10.3. The minimum Gasteiger partial charge on any atom is -0.423 e. The molecule has 1 saturated carbocycles. The average molecular weight is 192 g/mol. The van der Waals surface area contributed by atoms with Crippen molar-refractivity contribution in [3.63, 3.8) is 0 Å². The molecule has 74 valence electrons. The molecule has 14 heavy (non-hydrogen) atoms. The molecule has 5 heteroatoms. The van der Waals surface area contributed by atoms with Crippen molar-refractivity contribution in [3.8, 4) is 0 Å². The molecule has 0 aromatic carbocycles. The summed E-state index contributed by atoms with van der Waals surface area (Å²) in [6.07, 6.45) is 2.57. The molecule has 1 aromatic heterocycles. The van der Waals surface area contributed by atoms with E-state index in [0.717, 1.165) is 12.1 Å². The Bertz CT molecular complexity index is 357. The first-order valence-corrected chi connectivity index (χ1v) is 4.78. The van der Waals surface area contributed by atoms with Gasteiger partial charge in [0, 0.05) is 22.8 Å². The Morgan fingerprint density at radius 1 is 1.43 bits per heavy atom. The average Bonchev–Trinajstić information content (AvgIpc) is 2.81. The van der Waals surface area contributed by atoms with E-state index in [4.69, 9.17) is 0 Å². The van der Waals surface area contributed by atoms with Crippen LogP contribution in [0.3, 0.4) is 0 Å². The van der Waals surface area contributed by atoms with Crippen LogP contribution < -0.4 is 5.46 Å². The lowest BCUT2D eigenvalue weighted by Gasteiger charge is -2.08. The fourth-order valence-corrected chi connectivity index (χ4v) is 1.82. The number of hydrogen-bond acceptors (Lipinski definition) is 4. The van der Waals surface area contributed by atoms with Crippen molar-refractivity contribution >= 4 is 12.6 Å². The molecule has 1 unspecified atom stereocenters. The molecule has 1 fully saturated rings. The summed E-state index contributed by atoms with van der Waals surface area (Å²) in [7, 11) is -1.46. The van der Waals surface area contributed by atoms with Crippen LogP contribution in [-0.4, -0.2) is 27.1 Å². The lowest BCUT2D eigenvalue weighted by Crippen LogP contribution is -2.36. The molecule has 0 radical (unpaired) electrons. The summed E-state index contributed by atoms with van der Waals surface area (Å²) in [5, 5.41) is 18.4. The largest absolute Gasteiger partial charge is 0.492 e. The lowest BCUT2D eigenvalue weighted by molar-refractivity contribution is 0.424. The van der Waals surface area contributed by atoms with Gasteiger partial charge in [-0.2, -0.15) is 0 Å². The van der Waals surface area contributed by atoms with E-state index in [9.17, 15) is 10.0 Å². The predicted molar refractivity (Wildman–Crippen MR) is 53.1 cm³/mol. The van der Waals surface area contributed by atoms with Crippen LogP contribution in [0, 0.1) is 12.8 Å². The van der Waals surface area contributed by atoms with Gasteiger partial charge in [0.05, 0.1) is 0 Å². The number of rotatable bonds is 2. The second-order valence-electron chi connectivity index (χ2n) is 3.95. The molecule has 2 rings (SSSR count). The van der Waals surface area contributed by atoms with Crippen LogP contribution in [0.4, 0.5) is 0 Å². The fourth-order valence-electron chi connectivity index (χ4n) is 1.82. The van der Waals surface area contributed by atoms with Gasteiger partial charge in [0.15, 0.2) is 0 Å². The normalized spacial score (nSPS) is 24.9. The first kappa shape index (κ1) is 9.61. The van der Waals surface area contributed by atoms with Crippen molar-refractivity contribution in [1.82, 2.24) is 9.97 Å². The first-order valence-electron chi connectivity index (χ1n) is 4.78. The Balaban J connectivity index is 2.43. The van der Waals surface area contributed by atoms with Gasteiger partial charge in [-0.25, -0.2) is 9.97 Å². The van der Waals surface area contributed by atoms with Crippen molar-refractivity contribution in [3.05, 3.63) is 17.7 Å². The van der Waals surface area contributed by atoms with Crippen LogP contribution in [0.15, 0.2) is 6.33 Å². The van der Waals surface area contributed by atoms with Gasteiger partial charge in [-0.1, -0.05) is 6.92 Å². The van der Waals surface area contributed by atoms with E-state index in [1.54, 1.807) is 6.92 Å². The molecule has 2 atom stereocenters. The van der Waals surface area contributed by atoms with Crippen LogP contribution >= 0.6 is 0 Å². The van der Waals surface area contributed by atoms with E-state index in [0.29, 0.717) is 23.0 Å². The molecule has 0 spiro atoms. The van der Waals surface area contributed by atoms with Crippen molar-refractivity contribution in [1.29, 1.82) is 0 Å². The smallest absolute Gasteiger partial charge is 0.423 e. The Hall–Kier alpha value is -0.935. The topological polar surface area (TPSA) is 66.2 Å². The Morgan fingerprint density at radius 3 is 2.57 bits per heavy atom. The highest BCUT2D eigenvalue weighted by Gasteiger charge is 2.39. The number of aromatic nitrogens is 2. The highest BCUT2D eigenvalue weighted by molar-refractivity contribution is 6.59. The van der Waals surface area contributed by atoms with Gasteiger partial charge in [-0.3, -0.25) is 0 Å². The zero-order valence-corrected chi connectivity index (χ0v) is 8.31. The summed E-state index contributed by atoms with van der Waals surface area (Å²) in [6, 6.07) is 0. The fraction of sp³-hybridized carbons (Fsp3) is 0.556. The van der Waals surface area contributed by atoms with Crippen molar-refractivity contribution < 1.29 is 10.0 Å². The van der Waals surface area contributed by atoms with Gasteiger partial charge < -0.3 is 10.0 Å². The molecular formula is C9H13BN2O2. The molecular weight excluding hydrogens is 179 g/mol. The first-order chi connectivity index (χ1) is 6.61. The summed E-state index contributed by atoms with van der Waals surface area (Å²) >= 11 is 0. The standard InChI is InChI=1S/C9H13BN2O2/c1-5-3-7(5)9-8(10(13)14)6(2)11-4-12-9/h4-5,7,13-14H,3H2,1-2H3/t5-,7?/m1/s1. The zero-order valence-electron chi connectivity index (χ0n) is 8.31. The van der Waals surface area contributed by atoms with E-state index in [1.165, 1.54) is 6.33 Å². The minimum atomic E-state index is -1.46. The maximum Gasteiger partial charge on any atom is 0.492 e. The lowest BCUT2D eigenvalue weighted by atomic mass is 9.76. The maximum absolute atomic E-state index is 9.22. The number of aryl methyl sites for hydroxylation is 1. The Labute approximate surface area is 83.2 Å². The third-order valence-electron chi connectivity index (χ3n) is 2.83. The molecule has 0 bridgehead atoms. The van der Waals surface area contributed by atoms with Gasteiger partial charge in [0.25, 0.3) is 0 Å². The summed E-state index contributed by atoms with van der Waals surface area (Å²) < 4.78 is 0. The van der Waals surface area contributed by atoms with Crippen molar-refractivity contribution in [2.45, 2.75) is 26.2 Å². The quantitative estimate of drug-likeness (QED) is 0.625. The van der Waals surface area contributed by atoms with E-state index in [2.05, 4.69) is 16.9 Å². The second-order valence-corrected chi connectivity index (χ2v) is 3.95. The summed E-state index contributed by atoms with van der Waals surface area (Å²) in [5.41, 5.74) is 1.95. The van der Waals surface area contributed by atoms with Crippen LogP contribution in [0.25, 0.3) is 0 Å². The molecule has 1 heterocycles. The molecule has 1 aliphatic carbocycles. The van der Waals surface area contributed by atoms with Gasteiger partial charge in [0.1, 0.15) is 6.33 Å². The molecule has 0 aliphatic heterocycles. The highest BCUT2D eigenvalue weighted by Crippen LogP contribution is 2.45. The molecule has 4 nitrogen and oxygen atoms in total. The Kier molecular flexibility index (Phi) is 2.29. The summed E-state index contributed by atoms with van der Waals surface area (Å²) in [5.74, 6) is 0.982. The number of nitrogens with zero attached hydrogens (tertiary/aromatic N) is 2. The van der Waals surface area contributed by atoms with E-state index in [-0.39, 0.29) is 0 Å². The highest BCUT2D eigenvalue weighted by atomic mass is 16.4. The van der Waals surface area contributed by atoms with Crippen LogP contribution in [0.1, 0.15) is 30.7 Å². The van der Waals surface area contributed by atoms with Gasteiger partial charge >= 0.3 is 7.12 Å². The molecule has 1 aliphatic rings.